The lowest BCUT2D eigenvalue weighted by Crippen LogP contribution is -2.39. The van der Waals surface area contributed by atoms with E-state index in [2.05, 4.69) is 43.0 Å². The Morgan fingerprint density at radius 1 is 0.317 bits per heavy atom. The SMILES string of the molecule is CCCCCCCCCCCCCN1C=CN(CCCCCCCCCCCCC)C1CCCCCCCCCC. The zero-order valence-corrected chi connectivity index (χ0v) is 29.0. The minimum Gasteiger partial charge on any atom is -0.356 e. The molecule has 244 valence electrons. The molecule has 0 aliphatic carbocycles. The standard InChI is InChI=1S/C39H78N2/c1-4-7-10-13-16-19-21-23-26-29-32-35-40-37-38-41(39(40)34-31-28-25-18-15-12-9-6-3)36-33-30-27-24-22-20-17-14-11-8-5-2/h37-39H,4-36H2,1-3H3. The zero-order valence-electron chi connectivity index (χ0n) is 29.0. The molecular formula is C39H78N2. The molecule has 0 bridgehead atoms. The van der Waals surface area contributed by atoms with E-state index in [4.69, 9.17) is 0 Å². The molecule has 0 spiro atoms. The van der Waals surface area contributed by atoms with Gasteiger partial charge in [0.05, 0.1) is 0 Å². The maximum Gasteiger partial charge on any atom is 0.101 e. The average Bonchev–Trinajstić information content (AvgIpc) is 3.37. The molecule has 41 heavy (non-hydrogen) atoms. The van der Waals surface area contributed by atoms with Crippen LogP contribution in [0.5, 0.6) is 0 Å². The van der Waals surface area contributed by atoms with Crippen molar-refractivity contribution in [3.05, 3.63) is 12.4 Å². The van der Waals surface area contributed by atoms with Crippen LogP contribution in [0.1, 0.15) is 220 Å². The fraction of sp³-hybridized carbons (Fsp3) is 0.949. The number of unbranched alkanes of at least 4 members (excludes halogenated alkanes) is 27. The fourth-order valence-corrected chi connectivity index (χ4v) is 6.72. The van der Waals surface area contributed by atoms with Crippen LogP contribution in [0.3, 0.4) is 0 Å². The van der Waals surface area contributed by atoms with Crippen molar-refractivity contribution in [3.8, 4) is 0 Å². The topological polar surface area (TPSA) is 6.48 Å². The highest BCUT2D eigenvalue weighted by molar-refractivity contribution is 4.97. The van der Waals surface area contributed by atoms with E-state index in [0.717, 1.165) is 0 Å². The zero-order chi connectivity index (χ0) is 29.5. The summed E-state index contributed by atoms with van der Waals surface area (Å²) in [6.07, 6.45) is 49.9. The van der Waals surface area contributed by atoms with Gasteiger partial charge >= 0.3 is 0 Å². The number of rotatable bonds is 33. The van der Waals surface area contributed by atoms with Gasteiger partial charge in [0.2, 0.25) is 0 Å². The van der Waals surface area contributed by atoms with Crippen molar-refractivity contribution < 1.29 is 0 Å². The predicted octanol–water partition coefficient (Wildman–Crippen LogP) is 13.6. The smallest absolute Gasteiger partial charge is 0.101 e. The Kier molecular flexibility index (Phi) is 28.8. The normalized spacial score (nSPS) is 13.7. The molecule has 0 aromatic heterocycles. The van der Waals surface area contributed by atoms with E-state index in [1.54, 1.807) is 0 Å². The van der Waals surface area contributed by atoms with Gasteiger partial charge < -0.3 is 9.80 Å². The van der Waals surface area contributed by atoms with E-state index in [0.29, 0.717) is 6.17 Å². The molecule has 1 aliphatic rings. The van der Waals surface area contributed by atoms with Gasteiger partial charge in [-0.3, -0.25) is 0 Å². The minimum atomic E-state index is 0.640. The Morgan fingerprint density at radius 2 is 0.561 bits per heavy atom. The van der Waals surface area contributed by atoms with Crippen LogP contribution in [0, 0.1) is 0 Å². The molecule has 0 unspecified atom stereocenters. The van der Waals surface area contributed by atoms with Gasteiger partial charge in [0.25, 0.3) is 0 Å². The second kappa shape index (κ2) is 30.8. The molecule has 2 heteroatoms. The predicted molar refractivity (Wildman–Crippen MR) is 186 cm³/mol. The molecule has 0 saturated heterocycles. The molecule has 2 nitrogen and oxygen atoms in total. The Bertz CT molecular complexity index is 494. The van der Waals surface area contributed by atoms with Crippen molar-refractivity contribution in [2.24, 2.45) is 0 Å². The van der Waals surface area contributed by atoms with Gasteiger partial charge in [-0.15, -0.1) is 0 Å². The van der Waals surface area contributed by atoms with E-state index in [-0.39, 0.29) is 0 Å². The van der Waals surface area contributed by atoms with Crippen LogP contribution in [-0.2, 0) is 0 Å². The lowest BCUT2D eigenvalue weighted by Gasteiger charge is -2.33. The van der Waals surface area contributed by atoms with Crippen LogP contribution < -0.4 is 0 Å². The monoisotopic (exact) mass is 575 g/mol. The summed E-state index contributed by atoms with van der Waals surface area (Å²) in [6.45, 7) is 9.48. The molecule has 1 rings (SSSR count). The highest BCUT2D eigenvalue weighted by atomic mass is 15.4. The molecule has 1 heterocycles. The van der Waals surface area contributed by atoms with Gasteiger partial charge in [-0.25, -0.2) is 0 Å². The fourth-order valence-electron chi connectivity index (χ4n) is 6.72. The van der Waals surface area contributed by atoms with Gasteiger partial charge in [0.15, 0.2) is 0 Å². The summed E-state index contributed by atoms with van der Waals surface area (Å²) in [4.78, 5) is 5.43. The van der Waals surface area contributed by atoms with Gasteiger partial charge in [0.1, 0.15) is 6.17 Å². The first kappa shape index (κ1) is 38.4. The van der Waals surface area contributed by atoms with E-state index in [1.807, 2.05) is 0 Å². The van der Waals surface area contributed by atoms with Gasteiger partial charge in [-0.2, -0.15) is 0 Å². The Labute approximate surface area is 260 Å². The van der Waals surface area contributed by atoms with Crippen LogP contribution in [0.2, 0.25) is 0 Å². The highest BCUT2D eigenvalue weighted by Crippen LogP contribution is 2.24. The second-order valence-corrected chi connectivity index (χ2v) is 13.6. The molecule has 0 N–H and O–H groups in total. The average molecular weight is 575 g/mol. The summed E-state index contributed by atoms with van der Waals surface area (Å²) >= 11 is 0. The molecule has 0 fully saturated rings. The summed E-state index contributed by atoms with van der Waals surface area (Å²) in [6, 6.07) is 0. The molecular weight excluding hydrogens is 496 g/mol. The Hall–Kier alpha value is -0.660. The third-order valence-electron chi connectivity index (χ3n) is 9.57. The van der Waals surface area contributed by atoms with E-state index in [9.17, 15) is 0 Å². The highest BCUT2D eigenvalue weighted by Gasteiger charge is 2.24. The van der Waals surface area contributed by atoms with E-state index < -0.39 is 0 Å². The molecule has 0 amide bonds. The van der Waals surface area contributed by atoms with Gasteiger partial charge in [0, 0.05) is 25.5 Å². The summed E-state index contributed by atoms with van der Waals surface area (Å²) in [5.74, 6) is 0. The largest absolute Gasteiger partial charge is 0.356 e. The Morgan fingerprint density at radius 3 is 0.854 bits per heavy atom. The van der Waals surface area contributed by atoms with Crippen molar-refractivity contribution >= 4 is 0 Å². The van der Waals surface area contributed by atoms with Crippen molar-refractivity contribution in [1.82, 2.24) is 9.80 Å². The van der Waals surface area contributed by atoms with Crippen LogP contribution in [-0.4, -0.2) is 29.1 Å². The third kappa shape index (κ3) is 23.5. The number of hydrogen-bond donors (Lipinski definition) is 0. The molecule has 0 aromatic rings. The lowest BCUT2D eigenvalue weighted by molar-refractivity contribution is 0.135. The second-order valence-electron chi connectivity index (χ2n) is 13.6. The van der Waals surface area contributed by atoms with Crippen molar-refractivity contribution in [1.29, 1.82) is 0 Å². The molecule has 0 aromatic carbocycles. The first-order valence-corrected chi connectivity index (χ1v) is 19.5. The lowest BCUT2D eigenvalue weighted by atomic mass is 10.0. The van der Waals surface area contributed by atoms with Crippen LogP contribution in [0.15, 0.2) is 12.4 Å². The molecule has 0 saturated carbocycles. The number of hydrogen-bond acceptors (Lipinski definition) is 2. The quantitative estimate of drug-likeness (QED) is 0.0719. The van der Waals surface area contributed by atoms with Gasteiger partial charge in [-0.05, 0) is 25.7 Å². The molecule has 0 radical (unpaired) electrons. The summed E-state index contributed by atoms with van der Waals surface area (Å²) in [5.41, 5.74) is 0. The van der Waals surface area contributed by atoms with Crippen molar-refractivity contribution in [3.63, 3.8) is 0 Å². The van der Waals surface area contributed by atoms with Gasteiger partial charge in [-0.1, -0.05) is 194 Å². The van der Waals surface area contributed by atoms with Crippen LogP contribution >= 0.6 is 0 Å². The van der Waals surface area contributed by atoms with Crippen molar-refractivity contribution in [2.45, 2.75) is 226 Å². The summed E-state index contributed by atoms with van der Waals surface area (Å²) in [7, 11) is 0. The molecule has 1 aliphatic heterocycles. The van der Waals surface area contributed by atoms with E-state index >= 15 is 0 Å². The summed E-state index contributed by atoms with van der Waals surface area (Å²) in [5, 5.41) is 0. The van der Waals surface area contributed by atoms with Crippen LogP contribution in [0.4, 0.5) is 0 Å². The first-order chi connectivity index (χ1) is 20.3. The Balaban J connectivity index is 2.22. The van der Waals surface area contributed by atoms with Crippen LogP contribution in [0.25, 0.3) is 0 Å². The summed E-state index contributed by atoms with van der Waals surface area (Å²) < 4.78 is 0. The minimum absolute atomic E-state index is 0.640. The van der Waals surface area contributed by atoms with E-state index in [1.165, 1.54) is 212 Å². The van der Waals surface area contributed by atoms with Crippen molar-refractivity contribution in [2.75, 3.05) is 13.1 Å². The maximum absolute atomic E-state index is 2.72. The molecule has 0 atom stereocenters. The number of nitrogens with zero attached hydrogens (tertiary/aromatic N) is 2. The maximum atomic E-state index is 2.72. The third-order valence-corrected chi connectivity index (χ3v) is 9.57. The first-order valence-electron chi connectivity index (χ1n) is 19.5.